The van der Waals surface area contributed by atoms with Crippen molar-refractivity contribution in [2.24, 2.45) is 14.1 Å². The number of aryl methyl sites for hydroxylation is 2. The molecule has 0 spiro atoms. The van der Waals surface area contributed by atoms with Gasteiger partial charge in [-0.05, 0) is 24.3 Å². The van der Waals surface area contributed by atoms with Crippen molar-refractivity contribution in [3.8, 4) is 11.3 Å². The van der Waals surface area contributed by atoms with Crippen molar-refractivity contribution in [1.29, 1.82) is 0 Å². The third-order valence-electron chi connectivity index (χ3n) is 3.66. The average molecular weight is 271 g/mol. The zero-order valence-corrected chi connectivity index (χ0v) is 12.0. The topological polar surface area (TPSA) is 43.3 Å². The first-order valence-corrected chi connectivity index (χ1v) is 6.41. The first-order chi connectivity index (χ1) is 9.50. The first kappa shape index (κ1) is 12.6. The summed E-state index contributed by atoms with van der Waals surface area (Å²) < 4.78 is 8.83. The molecule has 3 rings (SSSR count). The molecule has 1 aromatic carbocycles. The second-order valence-electron chi connectivity index (χ2n) is 5.13. The number of furan rings is 1. The van der Waals surface area contributed by atoms with Gasteiger partial charge in [0.05, 0.1) is 17.3 Å². The third-order valence-corrected chi connectivity index (χ3v) is 3.66. The summed E-state index contributed by atoms with van der Waals surface area (Å²) in [6, 6.07) is 7.82. The molecule has 104 valence electrons. The number of imidazole rings is 1. The lowest BCUT2D eigenvalue weighted by atomic mass is 10.1. The molecular formula is C15H17N3O2. The summed E-state index contributed by atoms with van der Waals surface area (Å²) in [5, 5.41) is 0. The second kappa shape index (κ2) is 4.30. The van der Waals surface area contributed by atoms with E-state index in [0.29, 0.717) is 0 Å². The highest BCUT2D eigenvalue weighted by Crippen LogP contribution is 2.33. The molecule has 0 fully saturated rings. The van der Waals surface area contributed by atoms with Gasteiger partial charge in [0.15, 0.2) is 0 Å². The minimum absolute atomic E-state index is 0.0266. The van der Waals surface area contributed by atoms with E-state index >= 15 is 0 Å². The minimum atomic E-state index is -0.0266. The largest absolute Gasteiger partial charge is 0.464 e. The Labute approximate surface area is 116 Å². The number of hydrogen-bond donors (Lipinski definition) is 0. The summed E-state index contributed by atoms with van der Waals surface area (Å²) in [5.41, 5.74) is 3.79. The van der Waals surface area contributed by atoms with Crippen LogP contribution in [0.5, 0.6) is 0 Å². The van der Waals surface area contributed by atoms with Crippen LogP contribution in [0.4, 0.5) is 5.69 Å². The third kappa shape index (κ3) is 1.66. The lowest BCUT2D eigenvalue weighted by Crippen LogP contribution is -2.19. The fourth-order valence-corrected chi connectivity index (χ4v) is 2.53. The molecule has 3 aromatic rings. The molecule has 0 radical (unpaired) electrons. The maximum Gasteiger partial charge on any atom is 0.328 e. The standard InChI is InChI=1S/C15H17N3O2/c1-16(2)11-9-13-12(17(3)15(19)18(13)4)8-10(11)14-6-5-7-20-14/h5-9H,1-4H3. The Bertz CT molecular complexity index is 823. The molecule has 0 aliphatic rings. The van der Waals surface area contributed by atoms with Crippen LogP contribution in [0, 0.1) is 0 Å². The van der Waals surface area contributed by atoms with Gasteiger partial charge in [0, 0.05) is 39.4 Å². The van der Waals surface area contributed by atoms with Gasteiger partial charge in [-0.3, -0.25) is 9.13 Å². The Morgan fingerprint density at radius 3 is 2.30 bits per heavy atom. The van der Waals surface area contributed by atoms with Gasteiger partial charge in [-0.1, -0.05) is 0 Å². The molecule has 2 aromatic heterocycles. The number of rotatable bonds is 2. The van der Waals surface area contributed by atoms with Crippen molar-refractivity contribution in [1.82, 2.24) is 9.13 Å². The lowest BCUT2D eigenvalue weighted by Gasteiger charge is -2.17. The number of fused-ring (bicyclic) bond motifs is 1. The van der Waals surface area contributed by atoms with Crippen LogP contribution in [0.2, 0.25) is 0 Å². The second-order valence-corrected chi connectivity index (χ2v) is 5.13. The smallest absolute Gasteiger partial charge is 0.328 e. The average Bonchev–Trinajstić information content (AvgIpc) is 3.02. The number of anilines is 1. The molecule has 0 unspecified atom stereocenters. The Morgan fingerprint density at radius 2 is 1.75 bits per heavy atom. The number of benzene rings is 1. The fraction of sp³-hybridized carbons (Fsp3) is 0.267. The first-order valence-electron chi connectivity index (χ1n) is 6.41. The van der Waals surface area contributed by atoms with Gasteiger partial charge in [0.1, 0.15) is 5.76 Å². The molecule has 5 nitrogen and oxygen atoms in total. The van der Waals surface area contributed by atoms with Gasteiger partial charge in [-0.15, -0.1) is 0 Å². The van der Waals surface area contributed by atoms with E-state index < -0.39 is 0 Å². The predicted octanol–water partition coefficient (Wildman–Crippen LogP) is 2.20. The number of nitrogens with zero attached hydrogens (tertiary/aromatic N) is 3. The summed E-state index contributed by atoms with van der Waals surface area (Å²) in [4.78, 5) is 14.1. The van der Waals surface area contributed by atoms with E-state index in [4.69, 9.17) is 4.42 Å². The monoisotopic (exact) mass is 271 g/mol. The molecule has 0 aliphatic carbocycles. The molecule has 0 N–H and O–H groups in total. The SMILES string of the molecule is CN(C)c1cc2c(cc1-c1ccco1)n(C)c(=O)n2C. The van der Waals surface area contributed by atoms with Crippen LogP contribution in [-0.2, 0) is 14.1 Å². The summed E-state index contributed by atoms with van der Waals surface area (Å²) in [5.74, 6) is 0.798. The zero-order chi connectivity index (χ0) is 14.4. The Hall–Kier alpha value is -2.43. The highest BCUT2D eigenvalue weighted by atomic mass is 16.3. The van der Waals surface area contributed by atoms with Crippen molar-refractivity contribution in [2.45, 2.75) is 0 Å². The van der Waals surface area contributed by atoms with E-state index in [1.165, 1.54) is 0 Å². The van der Waals surface area contributed by atoms with Crippen molar-refractivity contribution >= 4 is 16.7 Å². The highest BCUT2D eigenvalue weighted by molar-refractivity contribution is 5.90. The molecule has 0 amide bonds. The fourth-order valence-electron chi connectivity index (χ4n) is 2.53. The lowest BCUT2D eigenvalue weighted by molar-refractivity contribution is 0.582. The molecular weight excluding hydrogens is 254 g/mol. The Balaban J connectivity index is 2.42. The van der Waals surface area contributed by atoms with Crippen molar-refractivity contribution in [2.75, 3.05) is 19.0 Å². The molecule has 0 bridgehead atoms. The van der Waals surface area contributed by atoms with Crippen molar-refractivity contribution in [3.63, 3.8) is 0 Å². The Kier molecular flexibility index (Phi) is 2.71. The van der Waals surface area contributed by atoms with Crippen LogP contribution in [0.3, 0.4) is 0 Å². The maximum absolute atomic E-state index is 12.1. The van der Waals surface area contributed by atoms with Gasteiger partial charge in [-0.25, -0.2) is 4.79 Å². The molecule has 0 saturated heterocycles. The van der Waals surface area contributed by atoms with Gasteiger partial charge >= 0.3 is 5.69 Å². The molecule has 20 heavy (non-hydrogen) atoms. The minimum Gasteiger partial charge on any atom is -0.464 e. The zero-order valence-electron chi connectivity index (χ0n) is 12.0. The van der Waals surface area contributed by atoms with Crippen LogP contribution < -0.4 is 10.6 Å². The van der Waals surface area contributed by atoms with Crippen LogP contribution >= 0.6 is 0 Å². The van der Waals surface area contributed by atoms with E-state index in [2.05, 4.69) is 0 Å². The quantitative estimate of drug-likeness (QED) is 0.717. The summed E-state index contributed by atoms with van der Waals surface area (Å²) in [7, 11) is 7.53. The summed E-state index contributed by atoms with van der Waals surface area (Å²) >= 11 is 0. The van der Waals surface area contributed by atoms with Crippen LogP contribution in [0.25, 0.3) is 22.4 Å². The van der Waals surface area contributed by atoms with Gasteiger partial charge < -0.3 is 9.32 Å². The summed E-state index contributed by atoms with van der Waals surface area (Å²) in [6.07, 6.45) is 1.66. The Morgan fingerprint density at radius 1 is 1.10 bits per heavy atom. The van der Waals surface area contributed by atoms with Crippen LogP contribution in [0.15, 0.2) is 39.7 Å². The van der Waals surface area contributed by atoms with Crippen LogP contribution in [-0.4, -0.2) is 23.2 Å². The normalized spacial score (nSPS) is 11.2. The summed E-state index contributed by atoms with van der Waals surface area (Å²) in [6.45, 7) is 0. The highest BCUT2D eigenvalue weighted by Gasteiger charge is 2.16. The van der Waals surface area contributed by atoms with Crippen molar-refractivity contribution in [3.05, 3.63) is 41.0 Å². The van der Waals surface area contributed by atoms with E-state index in [1.54, 1.807) is 29.5 Å². The number of aromatic nitrogens is 2. The molecule has 0 saturated carbocycles. The van der Waals surface area contributed by atoms with E-state index in [9.17, 15) is 4.79 Å². The van der Waals surface area contributed by atoms with Crippen molar-refractivity contribution < 1.29 is 4.42 Å². The maximum atomic E-state index is 12.1. The number of hydrogen-bond acceptors (Lipinski definition) is 3. The van der Waals surface area contributed by atoms with Gasteiger partial charge in [0.25, 0.3) is 0 Å². The van der Waals surface area contributed by atoms with E-state index in [-0.39, 0.29) is 5.69 Å². The molecule has 0 aliphatic heterocycles. The van der Waals surface area contributed by atoms with E-state index in [1.807, 2.05) is 43.3 Å². The predicted molar refractivity (Wildman–Crippen MR) is 80.2 cm³/mol. The molecule has 5 heteroatoms. The van der Waals surface area contributed by atoms with Gasteiger partial charge in [0.2, 0.25) is 0 Å². The van der Waals surface area contributed by atoms with Crippen LogP contribution in [0.1, 0.15) is 0 Å². The molecule has 0 atom stereocenters. The van der Waals surface area contributed by atoms with Gasteiger partial charge in [-0.2, -0.15) is 0 Å². The van der Waals surface area contributed by atoms with E-state index in [0.717, 1.165) is 28.0 Å². The molecule has 2 heterocycles.